The molecule has 0 aliphatic carbocycles. The second-order valence-electron chi connectivity index (χ2n) is 2.98. The number of aliphatic hydroxyl groups excluding tert-OH is 1. The molecule has 2 nitrogen and oxygen atoms in total. The lowest BCUT2D eigenvalue weighted by Gasteiger charge is -2.09. The largest absolute Gasteiger partial charge is 0.487 e. The second kappa shape index (κ2) is 5.46. The van der Waals surface area contributed by atoms with Crippen LogP contribution < -0.4 is 4.74 Å². The zero-order valence-corrected chi connectivity index (χ0v) is 8.28. The minimum Gasteiger partial charge on any atom is -0.487 e. The molecule has 0 spiro atoms. The molecule has 0 saturated heterocycles. The smallest absolute Gasteiger partial charge is 0.165 e. The van der Waals surface area contributed by atoms with Crippen LogP contribution in [0.15, 0.2) is 30.4 Å². The van der Waals surface area contributed by atoms with Gasteiger partial charge in [0, 0.05) is 6.07 Å². The van der Waals surface area contributed by atoms with E-state index in [9.17, 15) is 13.9 Å². The summed E-state index contributed by atoms with van der Waals surface area (Å²) in [5, 5.41) is 9.24. The molecular weight excluding hydrogens is 202 g/mol. The number of aliphatic hydroxyl groups is 1. The summed E-state index contributed by atoms with van der Waals surface area (Å²) in [7, 11) is 0. The van der Waals surface area contributed by atoms with Crippen LogP contribution in [0.2, 0.25) is 0 Å². The van der Waals surface area contributed by atoms with Gasteiger partial charge in [0.25, 0.3) is 0 Å². The summed E-state index contributed by atoms with van der Waals surface area (Å²) in [5.74, 6) is -1.42. The first-order valence-electron chi connectivity index (χ1n) is 4.52. The molecule has 0 aliphatic heterocycles. The number of rotatable bonds is 4. The lowest BCUT2D eigenvalue weighted by molar-refractivity contribution is 0.141. The highest BCUT2D eigenvalue weighted by Crippen LogP contribution is 2.18. The lowest BCUT2D eigenvalue weighted by atomic mass is 10.3. The second-order valence-corrected chi connectivity index (χ2v) is 2.98. The van der Waals surface area contributed by atoms with Crippen molar-refractivity contribution < 1.29 is 18.6 Å². The van der Waals surface area contributed by atoms with E-state index in [-0.39, 0.29) is 12.4 Å². The third kappa shape index (κ3) is 3.67. The molecule has 0 fully saturated rings. The van der Waals surface area contributed by atoms with Crippen molar-refractivity contribution >= 4 is 0 Å². The molecule has 0 aliphatic rings. The molecule has 1 aromatic rings. The van der Waals surface area contributed by atoms with Crippen molar-refractivity contribution in [3.05, 3.63) is 42.0 Å². The van der Waals surface area contributed by atoms with Crippen molar-refractivity contribution in [1.82, 2.24) is 0 Å². The third-order valence-electron chi connectivity index (χ3n) is 1.72. The van der Waals surface area contributed by atoms with Gasteiger partial charge in [0.1, 0.15) is 18.5 Å². The minimum atomic E-state index is -0.822. The van der Waals surface area contributed by atoms with Crippen molar-refractivity contribution in [2.75, 3.05) is 6.61 Å². The first-order valence-corrected chi connectivity index (χ1v) is 4.52. The topological polar surface area (TPSA) is 29.5 Å². The molecule has 1 unspecified atom stereocenters. The fourth-order valence-electron chi connectivity index (χ4n) is 1.04. The van der Waals surface area contributed by atoms with Gasteiger partial charge in [0.15, 0.2) is 11.6 Å². The molecule has 1 aromatic carbocycles. The Morgan fingerprint density at radius 2 is 2.20 bits per heavy atom. The summed E-state index contributed by atoms with van der Waals surface area (Å²) in [5.41, 5.74) is 0. The number of benzene rings is 1. The van der Waals surface area contributed by atoms with E-state index in [1.54, 1.807) is 13.0 Å². The van der Waals surface area contributed by atoms with Gasteiger partial charge in [0.05, 0.1) is 0 Å². The van der Waals surface area contributed by atoms with Crippen LogP contribution in [0.1, 0.15) is 6.92 Å². The van der Waals surface area contributed by atoms with Crippen molar-refractivity contribution in [3.63, 3.8) is 0 Å². The lowest BCUT2D eigenvalue weighted by Crippen LogP contribution is -2.15. The minimum absolute atomic E-state index is 0.106. The summed E-state index contributed by atoms with van der Waals surface area (Å²) >= 11 is 0. The van der Waals surface area contributed by atoms with Crippen LogP contribution in [-0.2, 0) is 0 Å². The van der Waals surface area contributed by atoms with E-state index in [1.165, 1.54) is 6.08 Å². The van der Waals surface area contributed by atoms with Gasteiger partial charge in [-0.05, 0) is 19.1 Å². The highest BCUT2D eigenvalue weighted by atomic mass is 19.1. The number of allylic oxidation sites excluding steroid dienone is 1. The molecule has 1 atom stereocenters. The molecule has 0 aromatic heterocycles. The maximum Gasteiger partial charge on any atom is 0.165 e. The Morgan fingerprint density at radius 3 is 2.87 bits per heavy atom. The Bertz CT molecular complexity index is 350. The SMILES string of the molecule is C/C=C/C(O)COc1cc(F)ccc1F. The van der Waals surface area contributed by atoms with E-state index in [1.807, 2.05) is 0 Å². The van der Waals surface area contributed by atoms with Gasteiger partial charge in [-0.1, -0.05) is 12.2 Å². The quantitative estimate of drug-likeness (QED) is 0.779. The van der Waals surface area contributed by atoms with E-state index < -0.39 is 17.7 Å². The van der Waals surface area contributed by atoms with Crippen molar-refractivity contribution in [1.29, 1.82) is 0 Å². The third-order valence-corrected chi connectivity index (χ3v) is 1.72. The van der Waals surface area contributed by atoms with Crippen molar-refractivity contribution in [3.8, 4) is 5.75 Å². The number of hydrogen-bond donors (Lipinski definition) is 1. The molecule has 1 rings (SSSR count). The molecule has 82 valence electrons. The molecular formula is C11H12F2O2. The Labute approximate surface area is 86.8 Å². The van der Waals surface area contributed by atoms with Gasteiger partial charge in [-0.2, -0.15) is 0 Å². The van der Waals surface area contributed by atoms with Gasteiger partial charge in [-0.3, -0.25) is 0 Å². The molecule has 0 radical (unpaired) electrons. The Kier molecular flexibility index (Phi) is 4.24. The fraction of sp³-hybridized carbons (Fsp3) is 0.273. The van der Waals surface area contributed by atoms with E-state index >= 15 is 0 Å². The monoisotopic (exact) mass is 214 g/mol. The van der Waals surface area contributed by atoms with Crippen LogP contribution in [0.4, 0.5) is 8.78 Å². The Morgan fingerprint density at radius 1 is 1.47 bits per heavy atom. The molecule has 0 saturated carbocycles. The van der Waals surface area contributed by atoms with Crippen molar-refractivity contribution in [2.24, 2.45) is 0 Å². The summed E-state index contributed by atoms with van der Waals surface area (Å²) in [6.45, 7) is 1.64. The standard InChI is InChI=1S/C11H12F2O2/c1-2-3-9(14)7-15-11-6-8(12)4-5-10(11)13/h2-6,9,14H,7H2,1H3/b3-2+. The molecule has 0 amide bonds. The van der Waals surface area contributed by atoms with Crippen LogP contribution in [-0.4, -0.2) is 17.8 Å². The molecule has 1 N–H and O–H groups in total. The van der Waals surface area contributed by atoms with Crippen LogP contribution in [0.25, 0.3) is 0 Å². The maximum atomic E-state index is 13.0. The average Bonchev–Trinajstić information content (AvgIpc) is 2.20. The fourth-order valence-corrected chi connectivity index (χ4v) is 1.04. The average molecular weight is 214 g/mol. The zero-order chi connectivity index (χ0) is 11.3. The number of ether oxygens (including phenoxy) is 1. The first-order chi connectivity index (χ1) is 7.13. The van der Waals surface area contributed by atoms with Crippen LogP contribution >= 0.6 is 0 Å². The number of halogens is 2. The Balaban J connectivity index is 2.60. The highest BCUT2D eigenvalue weighted by Gasteiger charge is 2.06. The zero-order valence-electron chi connectivity index (χ0n) is 8.28. The predicted molar refractivity (Wildman–Crippen MR) is 52.7 cm³/mol. The summed E-state index contributed by atoms with van der Waals surface area (Å²) in [6.07, 6.45) is 2.32. The van der Waals surface area contributed by atoms with Crippen LogP contribution in [0.3, 0.4) is 0 Å². The van der Waals surface area contributed by atoms with Gasteiger partial charge in [0.2, 0.25) is 0 Å². The maximum absolute atomic E-state index is 13.0. The van der Waals surface area contributed by atoms with Gasteiger partial charge in [-0.25, -0.2) is 8.78 Å². The van der Waals surface area contributed by atoms with E-state index in [2.05, 4.69) is 0 Å². The normalized spacial score (nSPS) is 13.1. The summed E-state index contributed by atoms with van der Waals surface area (Å²) in [4.78, 5) is 0. The van der Waals surface area contributed by atoms with E-state index in [4.69, 9.17) is 4.74 Å². The van der Waals surface area contributed by atoms with Gasteiger partial charge in [-0.15, -0.1) is 0 Å². The Hall–Kier alpha value is -1.42. The molecule has 4 heteroatoms. The molecule has 0 bridgehead atoms. The van der Waals surface area contributed by atoms with Gasteiger partial charge < -0.3 is 9.84 Å². The summed E-state index contributed by atoms with van der Waals surface area (Å²) < 4.78 is 30.6. The van der Waals surface area contributed by atoms with Crippen LogP contribution in [0.5, 0.6) is 5.75 Å². The predicted octanol–water partition coefficient (Wildman–Crippen LogP) is 2.28. The molecule has 0 heterocycles. The van der Waals surface area contributed by atoms with E-state index in [0.717, 1.165) is 18.2 Å². The number of hydrogen-bond acceptors (Lipinski definition) is 2. The van der Waals surface area contributed by atoms with Gasteiger partial charge >= 0.3 is 0 Å². The van der Waals surface area contributed by atoms with Crippen molar-refractivity contribution in [2.45, 2.75) is 13.0 Å². The first kappa shape index (κ1) is 11.7. The van der Waals surface area contributed by atoms with Crippen LogP contribution in [0, 0.1) is 11.6 Å². The highest BCUT2D eigenvalue weighted by molar-refractivity contribution is 5.24. The molecule has 15 heavy (non-hydrogen) atoms. The van der Waals surface area contributed by atoms with E-state index in [0.29, 0.717) is 0 Å². The summed E-state index contributed by atoms with van der Waals surface area (Å²) in [6, 6.07) is 2.93.